The number of ether oxygens (including phenoxy) is 2. The average molecular weight is 490 g/mol. The molecule has 0 aliphatic rings. The summed E-state index contributed by atoms with van der Waals surface area (Å²) in [4.78, 5) is 41.9. The lowest BCUT2D eigenvalue weighted by Gasteiger charge is -2.25. The number of nitrogens with one attached hydrogen (secondary N) is 2. The molecule has 1 heterocycles. The molecule has 2 aromatic rings. The second-order valence-corrected chi connectivity index (χ2v) is 8.42. The number of amides is 1. The number of carbonyl (C=O) groups is 1. The monoisotopic (exact) mass is 489 g/mol. The summed E-state index contributed by atoms with van der Waals surface area (Å²) in [6.45, 7) is 5.36. The van der Waals surface area contributed by atoms with Gasteiger partial charge in [-0.05, 0) is 37.0 Å². The molecule has 194 valence electrons. The zero-order valence-corrected chi connectivity index (χ0v) is 21.3. The maximum Gasteiger partial charge on any atom is 0.330 e. The van der Waals surface area contributed by atoms with Gasteiger partial charge in [0.1, 0.15) is 11.5 Å². The number of carbonyl (C=O) groups excluding carboxylic acids is 1. The van der Waals surface area contributed by atoms with Crippen LogP contribution in [0.15, 0.2) is 27.8 Å². The Balaban J connectivity index is 2.14. The maximum absolute atomic E-state index is 12.8. The third-order valence-corrected chi connectivity index (χ3v) is 5.82. The normalized spacial score (nSPS) is 10.7. The van der Waals surface area contributed by atoms with Crippen molar-refractivity contribution in [1.29, 1.82) is 0 Å². The van der Waals surface area contributed by atoms with Crippen LogP contribution in [0.2, 0.25) is 0 Å². The molecule has 0 saturated heterocycles. The van der Waals surface area contributed by atoms with E-state index < -0.39 is 11.2 Å². The summed E-state index contributed by atoms with van der Waals surface area (Å²) in [5.41, 5.74) is 6.34. The topological polar surface area (TPSA) is 132 Å². The lowest BCUT2D eigenvalue weighted by molar-refractivity contribution is -0.119. The van der Waals surface area contributed by atoms with Crippen LogP contribution in [0.5, 0.6) is 11.5 Å². The zero-order valence-electron chi connectivity index (χ0n) is 21.3. The first kappa shape index (κ1) is 27.8. The molecule has 0 fully saturated rings. The van der Waals surface area contributed by atoms with Gasteiger partial charge in [0.2, 0.25) is 5.91 Å². The van der Waals surface area contributed by atoms with Crippen molar-refractivity contribution in [2.24, 2.45) is 0 Å². The summed E-state index contributed by atoms with van der Waals surface area (Å²) < 4.78 is 12.0. The number of nitrogens with zero attached hydrogens (tertiary/aromatic N) is 2. The van der Waals surface area contributed by atoms with Gasteiger partial charge in [-0.1, -0.05) is 39.2 Å². The number of benzene rings is 1. The molecule has 10 heteroatoms. The first-order valence-corrected chi connectivity index (χ1v) is 12.2. The Labute approximate surface area is 206 Å². The number of anilines is 2. The Morgan fingerprint density at radius 3 is 2.46 bits per heavy atom. The third kappa shape index (κ3) is 7.80. The largest absolute Gasteiger partial charge is 0.493 e. The lowest BCUT2D eigenvalue weighted by Crippen LogP contribution is -2.43. The molecule has 0 aliphatic heterocycles. The minimum Gasteiger partial charge on any atom is -0.493 e. The van der Waals surface area contributed by atoms with E-state index in [1.54, 1.807) is 19.1 Å². The molecule has 4 N–H and O–H groups in total. The van der Waals surface area contributed by atoms with Crippen LogP contribution in [0.3, 0.4) is 0 Å². The standard InChI is InChI=1S/C25H39N5O5/c1-5-7-9-14-29(22-23(26)30(15-8-6-2)25(33)28-24(22)32)17-21(31)27-13-12-18-10-11-19(34-3)20(16-18)35-4/h10-11,16H,5-9,12-15,17,26H2,1-4H3,(H,27,31)(H,28,32,33). The SMILES string of the molecule is CCCCCN(CC(=O)NCCc1ccc(OC)c(OC)c1)c1c(N)n(CCCC)c(=O)[nH]c1=O. The number of H-pyrrole nitrogens is 1. The van der Waals surface area contributed by atoms with Gasteiger partial charge in [-0.2, -0.15) is 0 Å². The van der Waals surface area contributed by atoms with E-state index in [1.165, 1.54) is 4.57 Å². The van der Waals surface area contributed by atoms with Crippen LogP contribution in [0.25, 0.3) is 0 Å². The predicted molar refractivity (Wildman–Crippen MR) is 139 cm³/mol. The minimum absolute atomic E-state index is 0.0328. The van der Waals surface area contributed by atoms with Crippen molar-refractivity contribution in [2.45, 2.75) is 58.9 Å². The summed E-state index contributed by atoms with van der Waals surface area (Å²) in [6.07, 6.45) is 4.97. The molecule has 0 aliphatic carbocycles. The molecular formula is C25H39N5O5. The number of hydrogen-bond donors (Lipinski definition) is 3. The Morgan fingerprint density at radius 1 is 1.09 bits per heavy atom. The molecule has 0 atom stereocenters. The first-order chi connectivity index (χ1) is 16.9. The molecule has 0 radical (unpaired) electrons. The van der Waals surface area contributed by atoms with Crippen molar-refractivity contribution in [3.63, 3.8) is 0 Å². The second-order valence-electron chi connectivity index (χ2n) is 8.42. The van der Waals surface area contributed by atoms with E-state index in [1.807, 2.05) is 25.1 Å². The highest BCUT2D eigenvalue weighted by Gasteiger charge is 2.21. The van der Waals surface area contributed by atoms with Crippen LogP contribution in [-0.2, 0) is 17.8 Å². The molecule has 1 aromatic carbocycles. The summed E-state index contributed by atoms with van der Waals surface area (Å²) in [6, 6.07) is 5.63. The molecule has 0 saturated carbocycles. The van der Waals surface area contributed by atoms with Crippen molar-refractivity contribution in [2.75, 3.05) is 44.5 Å². The van der Waals surface area contributed by atoms with Gasteiger partial charge in [-0.3, -0.25) is 19.1 Å². The Kier molecular flexibility index (Phi) is 11.2. The number of rotatable bonds is 15. The van der Waals surface area contributed by atoms with Gasteiger partial charge in [0.25, 0.3) is 5.56 Å². The van der Waals surface area contributed by atoms with E-state index in [0.717, 1.165) is 37.7 Å². The maximum atomic E-state index is 12.8. The summed E-state index contributed by atoms with van der Waals surface area (Å²) >= 11 is 0. The minimum atomic E-state index is -0.574. The lowest BCUT2D eigenvalue weighted by atomic mass is 10.1. The van der Waals surface area contributed by atoms with Gasteiger partial charge in [-0.15, -0.1) is 0 Å². The van der Waals surface area contributed by atoms with Crippen molar-refractivity contribution < 1.29 is 14.3 Å². The molecule has 1 amide bonds. The quantitative estimate of drug-likeness (QED) is 0.327. The van der Waals surface area contributed by atoms with Crippen LogP contribution in [0.4, 0.5) is 11.5 Å². The van der Waals surface area contributed by atoms with Crippen LogP contribution in [0.1, 0.15) is 51.5 Å². The summed E-state index contributed by atoms with van der Waals surface area (Å²) in [5, 5.41) is 2.91. The second kappa shape index (κ2) is 14.1. The Hall–Kier alpha value is -3.43. The van der Waals surface area contributed by atoms with Gasteiger partial charge in [0.15, 0.2) is 11.5 Å². The molecule has 0 unspecified atom stereocenters. The molecule has 2 rings (SSSR count). The number of aromatic nitrogens is 2. The van der Waals surface area contributed by atoms with Gasteiger partial charge >= 0.3 is 5.69 Å². The van der Waals surface area contributed by atoms with Crippen molar-refractivity contribution >= 4 is 17.4 Å². The molecule has 35 heavy (non-hydrogen) atoms. The average Bonchev–Trinajstić information content (AvgIpc) is 2.83. The highest BCUT2D eigenvalue weighted by Crippen LogP contribution is 2.27. The zero-order chi connectivity index (χ0) is 25.8. The van der Waals surface area contributed by atoms with Gasteiger partial charge in [0.05, 0.1) is 20.8 Å². The van der Waals surface area contributed by atoms with E-state index in [9.17, 15) is 14.4 Å². The van der Waals surface area contributed by atoms with Crippen molar-refractivity contribution in [1.82, 2.24) is 14.9 Å². The van der Waals surface area contributed by atoms with Gasteiger partial charge in [0, 0.05) is 19.6 Å². The number of aromatic amines is 1. The number of nitrogens with two attached hydrogens (primary N) is 1. The van der Waals surface area contributed by atoms with Crippen LogP contribution >= 0.6 is 0 Å². The summed E-state index contributed by atoms with van der Waals surface area (Å²) in [5.74, 6) is 1.14. The van der Waals surface area contributed by atoms with Crippen molar-refractivity contribution in [3.05, 3.63) is 44.6 Å². The van der Waals surface area contributed by atoms with E-state index in [0.29, 0.717) is 37.6 Å². The predicted octanol–water partition coefficient (Wildman–Crippen LogP) is 2.29. The highest BCUT2D eigenvalue weighted by atomic mass is 16.5. The fourth-order valence-corrected chi connectivity index (χ4v) is 3.86. The number of nitrogen functional groups attached to an aromatic ring is 1. The van der Waals surface area contributed by atoms with Crippen LogP contribution in [-0.4, -0.2) is 49.3 Å². The van der Waals surface area contributed by atoms with E-state index in [2.05, 4.69) is 17.2 Å². The molecular weight excluding hydrogens is 450 g/mol. The van der Waals surface area contributed by atoms with Crippen molar-refractivity contribution in [3.8, 4) is 11.5 Å². The highest BCUT2D eigenvalue weighted by molar-refractivity contribution is 5.82. The van der Waals surface area contributed by atoms with Gasteiger partial charge < -0.3 is 25.4 Å². The first-order valence-electron chi connectivity index (χ1n) is 12.2. The van der Waals surface area contributed by atoms with Gasteiger partial charge in [-0.25, -0.2) is 4.79 Å². The van der Waals surface area contributed by atoms with Crippen LogP contribution in [0, 0.1) is 0 Å². The third-order valence-electron chi connectivity index (χ3n) is 5.82. The number of methoxy groups -OCH3 is 2. The number of unbranched alkanes of at least 4 members (excludes halogenated alkanes) is 3. The van der Waals surface area contributed by atoms with E-state index in [-0.39, 0.29) is 24.0 Å². The Bertz CT molecular complexity index is 1080. The Morgan fingerprint density at radius 2 is 1.80 bits per heavy atom. The van der Waals surface area contributed by atoms with Crippen LogP contribution < -0.4 is 36.7 Å². The fourth-order valence-electron chi connectivity index (χ4n) is 3.86. The summed E-state index contributed by atoms with van der Waals surface area (Å²) in [7, 11) is 3.16. The molecule has 0 spiro atoms. The van der Waals surface area contributed by atoms with E-state index >= 15 is 0 Å². The smallest absolute Gasteiger partial charge is 0.330 e. The van der Waals surface area contributed by atoms with E-state index in [4.69, 9.17) is 15.2 Å². The fraction of sp³-hybridized carbons (Fsp3) is 0.560. The molecule has 10 nitrogen and oxygen atoms in total. The molecule has 0 bridgehead atoms. The number of hydrogen-bond acceptors (Lipinski definition) is 7. The molecule has 1 aromatic heterocycles.